The predicted octanol–water partition coefficient (Wildman–Crippen LogP) is 2.99. The largest absolute Gasteiger partial charge is 0.484 e. The Morgan fingerprint density at radius 1 is 1.16 bits per heavy atom. The molecule has 128 valence electrons. The van der Waals surface area contributed by atoms with Gasteiger partial charge in [0.15, 0.2) is 12.4 Å². The number of hydrogen-bond acceptors (Lipinski definition) is 4. The van der Waals surface area contributed by atoms with Crippen molar-refractivity contribution in [2.45, 2.75) is 13.5 Å². The van der Waals surface area contributed by atoms with Crippen LogP contribution in [0.15, 0.2) is 53.3 Å². The standard InChI is InChI=1S/C18H16BrN3O3/c1-12(23)13-2-5-16(6-3-13)25-11-18(24)20-8-15-10-22-9-14(19)4-7-17(22)21-15/h2-7,9-10H,8,11H2,1H3,(H,20,24). The molecule has 25 heavy (non-hydrogen) atoms. The molecule has 2 aromatic heterocycles. The first-order chi connectivity index (χ1) is 12.0. The highest BCUT2D eigenvalue weighted by Gasteiger charge is 2.06. The summed E-state index contributed by atoms with van der Waals surface area (Å²) in [5, 5.41) is 2.77. The fourth-order valence-corrected chi connectivity index (χ4v) is 2.63. The second-order valence-corrected chi connectivity index (χ2v) is 6.41. The van der Waals surface area contributed by atoms with Gasteiger partial charge in [-0.2, -0.15) is 0 Å². The van der Waals surface area contributed by atoms with Gasteiger partial charge in [0.2, 0.25) is 0 Å². The summed E-state index contributed by atoms with van der Waals surface area (Å²) in [7, 11) is 0. The Balaban J connectivity index is 1.51. The molecule has 0 fully saturated rings. The molecular weight excluding hydrogens is 386 g/mol. The number of ketones is 1. The van der Waals surface area contributed by atoms with Gasteiger partial charge in [-0.15, -0.1) is 0 Å². The van der Waals surface area contributed by atoms with E-state index in [2.05, 4.69) is 26.2 Å². The summed E-state index contributed by atoms with van der Waals surface area (Å²) >= 11 is 3.41. The lowest BCUT2D eigenvalue weighted by Gasteiger charge is -2.07. The Hall–Kier alpha value is -2.67. The van der Waals surface area contributed by atoms with Crippen LogP contribution < -0.4 is 10.1 Å². The lowest BCUT2D eigenvalue weighted by molar-refractivity contribution is -0.123. The van der Waals surface area contributed by atoms with Crippen LogP contribution in [0.4, 0.5) is 0 Å². The molecule has 1 aromatic carbocycles. The summed E-state index contributed by atoms with van der Waals surface area (Å²) in [6.07, 6.45) is 3.77. The normalized spacial score (nSPS) is 10.6. The second kappa shape index (κ2) is 7.48. The quantitative estimate of drug-likeness (QED) is 0.644. The highest BCUT2D eigenvalue weighted by molar-refractivity contribution is 9.10. The zero-order valence-corrected chi connectivity index (χ0v) is 15.1. The van der Waals surface area contributed by atoms with Crippen LogP contribution in [0.1, 0.15) is 23.0 Å². The molecule has 0 radical (unpaired) electrons. The number of imidazole rings is 1. The number of halogens is 1. The van der Waals surface area contributed by atoms with Crippen LogP contribution in [0.2, 0.25) is 0 Å². The second-order valence-electron chi connectivity index (χ2n) is 5.49. The number of nitrogens with zero attached hydrogens (tertiary/aromatic N) is 2. The number of fused-ring (bicyclic) bond motifs is 1. The minimum Gasteiger partial charge on any atom is -0.484 e. The van der Waals surface area contributed by atoms with Gasteiger partial charge in [-0.1, -0.05) is 0 Å². The van der Waals surface area contributed by atoms with Gasteiger partial charge in [0.25, 0.3) is 5.91 Å². The van der Waals surface area contributed by atoms with Gasteiger partial charge in [0, 0.05) is 22.4 Å². The summed E-state index contributed by atoms with van der Waals surface area (Å²) in [5.74, 6) is 0.287. The van der Waals surface area contributed by atoms with Gasteiger partial charge < -0.3 is 14.5 Å². The van der Waals surface area contributed by atoms with Gasteiger partial charge in [-0.3, -0.25) is 9.59 Å². The number of pyridine rings is 1. The van der Waals surface area contributed by atoms with Crippen LogP contribution in [-0.4, -0.2) is 27.7 Å². The number of Topliss-reactive ketones (excluding diaryl/α,β-unsaturated/α-hetero) is 1. The summed E-state index contributed by atoms with van der Waals surface area (Å²) in [6.45, 7) is 1.73. The predicted molar refractivity (Wildman–Crippen MR) is 96.7 cm³/mol. The van der Waals surface area contributed by atoms with Crippen molar-refractivity contribution in [2.24, 2.45) is 0 Å². The lowest BCUT2D eigenvalue weighted by Crippen LogP contribution is -2.28. The zero-order chi connectivity index (χ0) is 17.8. The van der Waals surface area contributed by atoms with Crippen molar-refractivity contribution in [1.29, 1.82) is 0 Å². The maximum Gasteiger partial charge on any atom is 0.258 e. The molecule has 0 saturated carbocycles. The first-order valence-corrected chi connectivity index (χ1v) is 8.44. The molecule has 1 N–H and O–H groups in total. The van der Waals surface area contributed by atoms with Crippen LogP contribution >= 0.6 is 15.9 Å². The number of nitrogens with one attached hydrogen (secondary N) is 1. The summed E-state index contributed by atoms with van der Waals surface area (Å²) in [6, 6.07) is 10.5. The zero-order valence-electron chi connectivity index (χ0n) is 13.5. The van der Waals surface area contributed by atoms with Crippen molar-refractivity contribution in [3.8, 4) is 5.75 Å². The molecule has 0 saturated heterocycles. The molecular formula is C18H16BrN3O3. The lowest BCUT2D eigenvalue weighted by atomic mass is 10.1. The molecule has 0 aliphatic carbocycles. The van der Waals surface area contributed by atoms with Gasteiger partial charge in [0.1, 0.15) is 11.4 Å². The SMILES string of the molecule is CC(=O)c1ccc(OCC(=O)NCc2cn3cc(Br)ccc3n2)cc1. The molecule has 0 aliphatic heterocycles. The van der Waals surface area contributed by atoms with E-state index in [0.29, 0.717) is 17.9 Å². The number of amides is 1. The molecule has 2 heterocycles. The van der Waals surface area contributed by atoms with Crippen LogP contribution in [0.25, 0.3) is 5.65 Å². The number of benzene rings is 1. The van der Waals surface area contributed by atoms with Gasteiger partial charge in [0.05, 0.1) is 12.2 Å². The molecule has 0 atom stereocenters. The highest BCUT2D eigenvalue weighted by atomic mass is 79.9. The number of hydrogen-bond donors (Lipinski definition) is 1. The number of carbonyl (C=O) groups is 2. The number of ether oxygens (including phenoxy) is 1. The topological polar surface area (TPSA) is 72.7 Å². The molecule has 1 amide bonds. The minimum atomic E-state index is -0.242. The fraction of sp³-hybridized carbons (Fsp3) is 0.167. The molecule has 0 aliphatic rings. The van der Waals surface area contributed by atoms with Crippen LogP contribution in [-0.2, 0) is 11.3 Å². The third-order valence-corrected chi connectivity index (χ3v) is 4.03. The summed E-state index contributed by atoms with van der Waals surface area (Å²) < 4.78 is 8.25. The van der Waals surface area contributed by atoms with Gasteiger partial charge >= 0.3 is 0 Å². The number of rotatable bonds is 6. The van der Waals surface area contributed by atoms with Crippen molar-refractivity contribution in [1.82, 2.24) is 14.7 Å². The Morgan fingerprint density at radius 2 is 1.92 bits per heavy atom. The number of carbonyl (C=O) groups excluding carboxylic acids is 2. The summed E-state index contributed by atoms with van der Waals surface area (Å²) in [5.41, 5.74) is 2.18. The van der Waals surface area contributed by atoms with E-state index in [4.69, 9.17) is 4.74 Å². The van der Waals surface area contributed by atoms with E-state index in [1.165, 1.54) is 6.92 Å². The molecule has 0 spiro atoms. The van der Waals surface area contributed by atoms with E-state index >= 15 is 0 Å². The van der Waals surface area contributed by atoms with E-state index in [1.54, 1.807) is 24.3 Å². The Morgan fingerprint density at radius 3 is 2.64 bits per heavy atom. The van der Waals surface area contributed by atoms with Crippen molar-refractivity contribution in [3.05, 3.63) is 64.5 Å². The van der Waals surface area contributed by atoms with Crippen LogP contribution in [0.3, 0.4) is 0 Å². The maximum atomic E-state index is 11.9. The minimum absolute atomic E-state index is 0.0104. The van der Waals surface area contributed by atoms with Crippen molar-refractivity contribution < 1.29 is 14.3 Å². The van der Waals surface area contributed by atoms with E-state index in [1.807, 2.05) is 28.9 Å². The van der Waals surface area contributed by atoms with Crippen LogP contribution in [0, 0.1) is 0 Å². The average Bonchev–Trinajstić information content (AvgIpc) is 3.00. The Labute approximate surface area is 153 Å². The average molecular weight is 402 g/mol. The van der Waals surface area contributed by atoms with Gasteiger partial charge in [-0.25, -0.2) is 4.98 Å². The molecule has 6 nitrogen and oxygen atoms in total. The van der Waals surface area contributed by atoms with Crippen molar-refractivity contribution in [3.63, 3.8) is 0 Å². The smallest absolute Gasteiger partial charge is 0.258 e. The molecule has 7 heteroatoms. The van der Waals surface area contributed by atoms with E-state index in [9.17, 15) is 9.59 Å². The van der Waals surface area contributed by atoms with Crippen molar-refractivity contribution in [2.75, 3.05) is 6.61 Å². The monoisotopic (exact) mass is 401 g/mol. The highest BCUT2D eigenvalue weighted by Crippen LogP contribution is 2.13. The Kier molecular flexibility index (Phi) is 5.14. The van der Waals surface area contributed by atoms with Crippen LogP contribution in [0.5, 0.6) is 5.75 Å². The number of aromatic nitrogens is 2. The van der Waals surface area contributed by atoms with E-state index < -0.39 is 0 Å². The first-order valence-electron chi connectivity index (χ1n) is 7.65. The maximum absolute atomic E-state index is 11.9. The third-order valence-electron chi connectivity index (χ3n) is 3.56. The fourth-order valence-electron chi connectivity index (χ4n) is 2.28. The molecule has 0 unspecified atom stereocenters. The van der Waals surface area contributed by atoms with E-state index in [0.717, 1.165) is 15.8 Å². The van der Waals surface area contributed by atoms with E-state index in [-0.39, 0.29) is 18.3 Å². The molecule has 3 aromatic rings. The Bertz CT molecular complexity index is 919. The third kappa shape index (κ3) is 4.45. The van der Waals surface area contributed by atoms with Crippen molar-refractivity contribution >= 4 is 33.3 Å². The molecule has 0 bridgehead atoms. The molecule has 3 rings (SSSR count). The first kappa shape index (κ1) is 17.2. The van der Waals surface area contributed by atoms with Gasteiger partial charge in [-0.05, 0) is 59.3 Å². The summed E-state index contributed by atoms with van der Waals surface area (Å²) in [4.78, 5) is 27.5.